The van der Waals surface area contributed by atoms with Gasteiger partial charge in [-0.2, -0.15) is 12.6 Å². The Kier molecular flexibility index (Phi) is 9.24. The predicted molar refractivity (Wildman–Crippen MR) is 101 cm³/mol. The Morgan fingerprint density at radius 2 is 2.08 bits per heavy atom. The van der Waals surface area contributed by atoms with Crippen LogP contribution in [-0.4, -0.2) is 40.9 Å². The molecular weight excluding hydrogens is 324 g/mol. The van der Waals surface area contributed by atoms with Crippen molar-refractivity contribution in [2.75, 3.05) is 7.11 Å². The molecule has 1 rings (SSSR count). The molecule has 4 nitrogen and oxygen atoms in total. The molecule has 0 saturated heterocycles. The third-order valence-corrected chi connectivity index (χ3v) is 5.68. The average Bonchev–Trinajstić information content (AvgIpc) is 2.53. The van der Waals surface area contributed by atoms with Gasteiger partial charge in [-0.3, -0.25) is 0 Å². The van der Waals surface area contributed by atoms with Crippen molar-refractivity contribution in [3.05, 3.63) is 24.2 Å². The molecule has 0 aromatic rings. The minimum atomic E-state index is -0.562. The van der Waals surface area contributed by atoms with Crippen molar-refractivity contribution in [2.24, 2.45) is 17.8 Å². The highest BCUT2D eigenvalue weighted by Crippen LogP contribution is 2.33. The Hall–Kier alpha value is -0.650. The highest BCUT2D eigenvalue weighted by Gasteiger charge is 2.36. The standard InChI is InChI=1S/C19H34O4S/c1-6-8-9-12(3)19(22-5)13(4)15(20)10-16-14(7-2)17(24)11-18(21)23-16/h6,8,11-17,19-21,24H,7,9-10H2,1-5H3/b8-6+/t12-,13-,14-,15+,16+,17-,19+/m0/s1. The van der Waals surface area contributed by atoms with Crippen molar-refractivity contribution in [1.82, 2.24) is 0 Å². The van der Waals surface area contributed by atoms with Crippen LogP contribution in [0.1, 0.15) is 47.0 Å². The third kappa shape index (κ3) is 5.71. The van der Waals surface area contributed by atoms with Crippen molar-refractivity contribution in [3.63, 3.8) is 0 Å². The van der Waals surface area contributed by atoms with Gasteiger partial charge in [-0.25, -0.2) is 0 Å². The molecule has 0 aromatic heterocycles. The number of allylic oxidation sites excluding steroid dienone is 2. The molecule has 1 aliphatic rings. The van der Waals surface area contributed by atoms with Crippen LogP contribution < -0.4 is 0 Å². The molecular formula is C19H34O4S. The number of hydrogen-bond donors (Lipinski definition) is 3. The van der Waals surface area contributed by atoms with Crippen LogP contribution >= 0.6 is 12.6 Å². The van der Waals surface area contributed by atoms with Gasteiger partial charge in [0.15, 0.2) is 0 Å². The zero-order chi connectivity index (χ0) is 18.3. The van der Waals surface area contributed by atoms with Gasteiger partial charge in [0.2, 0.25) is 0 Å². The maximum atomic E-state index is 10.7. The predicted octanol–water partition coefficient (Wildman–Crippen LogP) is 4.11. The molecule has 0 spiro atoms. The lowest BCUT2D eigenvalue weighted by atomic mass is 9.82. The molecule has 5 heteroatoms. The van der Waals surface area contributed by atoms with Crippen molar-refractivity contribution in [1.29, 1.82) is 0 Å². The second kappa shape index (κ2) is 10.4. The first-order valence-electron chi connectivity index (χ1n) is 8.93. The third-order valence-electron chi connectivity index (χ3n) is 5.15. The van der Waals surface area contributed by atoms with Crippen LogP contribution in [0, 0.1) is 17.8 Å². The van der Waals surface area contributed by atoms with E-state index in [2.05, 4.69) is 32.6 Å². The van der Waals surface area contributed by atoms with Crippen LogP contribution in [0.2, 0.25) is 0 Å². The molecule has 7 atom stereocenters. The molecule has 0 amide bonds. The number of rotatable bonds is 9. The van der Waals surface area contributed by atoms with E-state index in [1.165, 1.54) is 0 Å². The molecule has 0 saturated carbocycles. The Morgan fingerprint density at radius 1 is 1.42 bits per heavy atom. The van der Waals surface area contributed by atoms with Crippen LogP contribution in [0.15, 0.2) is 24.2 Å². The Labute approximate surface area is 152 Å². The van der Waals surface area contributed by atoms with Crippen molar-refractivity contribution < 1.29 is 19.7 Å². The minimum absolute atomic E-state index is 0.0252. The van der Waals surface area contributed by atoms with E-state index in [4.69, 9.17) is 9.47 Å². The van der Waals surface area contributed by atoms with Gasteiger partial charge in [0.25, 0.3) is 5.95 Å². The van der Waals surface area contributed by atoms with Gasteiger partial charge < -0.3 is 19.7 Å². The lowest BCUT2D eigenvalue weighted by molar-refractivity contribution is -0.0749. The van der Waals surface area contributed by atoms with E-state index in [1.807, 2.05) is 19.9 Å². The van der Waals surface area contributed by atoms with Crippen LogP contribution in [0.4, 0.5) is 0 Å². The van der Waals surface area contributed by atoms with E-state index >= 15 is 0 Å². The fourth-order valence-electron chi connectivity index (χ4n) is 3.62. The van der Waals surface area contributed by atoms with Crippen LogP contribution in [-0.2, 0) is 9.47 Å². The normalized spacial score (nSPS) is 29.6. The van der Waals surface area contributed by atoms with Crippen LogP contribution in [0.5, 0.6) is 0 Å². The van der Waals surface area contributed by atoms with Gasteiger partial charge >= 0.3 is 0 Å². The highest BCUT2D eigenvalue weighted by molar-refractivity contribution is 7.81. The van der Waals surface area contributed by atoms with Gasteiger partial charge in [-0.05, 0) is 25.7 Å². The fourth-order valence-corrected chi connectivity index (χ4v) is 4.15. The van der Waals surface area contributed by atoms with Crippen LogP contribution in [0.3, 0.4) is 0 Å². The summed E-state index contributed by atoms with van der Waals surface area (Å²) >= 11 is 4.53. The van der Waals surface area contributed by atoms with Gasteiger partial charge in [-0.1, -0.05) is 32.9 Å². The van der Waals surface area contributed by atoms with E-state index in [1.54, 1.807) is 13.2 Å². The summed E-state index contributed by atoms with van der Waals surface area (Å²) in [5, 5.41) is 20.4. The van der Waals surface area contributed by atoms with E-state index < -0.39 is 6.10 Å². The summed E-state index contributed by atoms with van der Waals surface area (Å²) in [6.45, 7) is 8.24. The second-order valence-corrected chi connectivity index (χ2v) is 7.46. The number of hydrogen-bond acceptors (Lipinski definition) is 5. The van der Waals surface area contributed by atoms with Gasteiger partial charge in [-0.15, -0.1) is 0 Å². The van der Waals surface area contributed by atoms with Gasteiger partial charge in [0.1, 0.15) is 6.10 Å². The lowest BCUT2D eigenvalue weighted by Crippen LogP contribution is -2.41. The zero-order valence-electron chi connectivity index (χ0n) is 15.6. The summed E-state index contributed by atoms with van der Waals surface area (Å²) < 4.78 is 11.2. The van der Waals surface area contributed by atoms with Crippen molar-refractivity contribution >= 4 is 12.6 Å². The molecule has 0 radical (unpaired) electrons. The number of ether oxygens (including phenoxy) is 2. The summed E-state index contributed by atoms with van der Waals surface area (Å²) in [5.41, 5.74) is 0. The minimum Gasteiger partial charge on any atom is -0.481 e. The SMILES string of the molecule is C/C=C/C[C@H](C)[C@@H](OC)[C@@H](C)[C@H](O)C[C@H]1OC(O)=C[C@H](S)[C@H]1CC. The summed E-state index contributed by atoms with van der Waals surface area (Å²) in [6, 6.07) is 0. The lowest BCUT2D eigenvalue weighted by Gasteiger charge is -2.37. The first-order chi connectivity index (χ1) is 11.3. The summed E-state index contributed by atoms with van der Waals surface area (Å²) in [7, 11) is 1.70. The molecule has 1 heterocycles. The smallest absolute Gasteiger partial charge is 0.273 e. The molecule has 0 unspecified atom stereocenters. The average molecular weight is 359 g/mol. The van der Waals surface area contributed by atoms with E-state index in [-0.39, 0.29) is 35.2 Å². The van der Waals surface area contributed by atoms with E-state index in [9.17, 15) is 10.2 Å². The molecule has 0 aliphatic carbocycles. The van der Waals surface area contributed by atoms with E-state index in [0.717, 1.165) is 12.8 Å². The molecule has 0 aromatic carbocycles. The molecule has 140 valence electrons. The zero-order valence-corrected chi connectivity index (χ0v) is 16.4. The number of aliphatic hydroxyl groups excluding tert-OH is 2. The van der Waals surface area contributed by atoms with Crippen molar-refractivity contribution in [2.45, 2.75) is 70.5 Å². The van der Waals surface area contributed by atoms with Crippen molar-refractivity contribution in [3.8, 4) is 0 Å². The fraction of sp³-hybridized carbons (Fsp3) is 0.789. The first-order valence-corrected chi connectivity index (χ1v) is 9.44. The first kappa shape index (κ1) is 21.4. The van der Waals surface area contributed by atoms with Gasteiger partial charge in [0, 0.05) is 36.7 Å². The molecule has 0 bridgehead atoms. The molecule has 24 heavy (non-hydrogen) atoms. The maximum Gasteiger partial charge on any atom is 0.273 e. The highest BCUT2D eigenvalue weighted by atomic mass is 32.1. The largest absolute Gasteiger partial charge is 0.481 e. The van der Waals surface area contributed by atoms with E-state index in [0.29, 0.717) is 12.3 Å². The molecule has 1 aliphatic heterocycles. The maximum absolute atomic E-state index is 10.7. The Bertz CT molecular complexity index is 424. The molecule has 2 N–H and O–H groups in total. The summed E-state index contributed by atoms with van der Waals surface area (Å²) in [5.74, 6) is 0.376. The summed E-state index contributed by atoms with van der Waals surface area (Å²) in [4.78, 5) is 0. The topological polar surface area (TPSA) is 58.9 Å². The van der Waals surface area contributed by atoms with Crippen LogP contribution in [0.25, 0.3) is 0 Å². The van der Waals surface area contributed by atoms with Gasteiger partial charge in [0.05, 0.1) is 12.2 Å². The monoisotopic (exact) mass is 358 g/mol. The quantitative estimate of drug-likeness (QED) is 0.429. The number of thiol groups is 1. The summed E-state index contributed by atoms with van der Waals surface area (Å²) in [6.07, 6.45) is 7.23. The second-order valence-electron chi connectivity index (χ2n) is 6.87. The number of aliphatic hydroxyl groups is 2. The Morgan fingerprint density at radius 3 is 2.62 bits per heavy atom. The molecule has 0 fully saturated rings. The Balaban J connectivity index is 2.73. The number of methoxy groups -OCH3 is 1.